The first-order valence-corrected chi connectivity index (χ1v) is 9.32. The summed E-state index contributed by atoms with van der Waals surface area (Å²) in [6.45, 7) is 0. The number of nitrogens with zero attached hydrogens (tertiary/aromatic N) is 2. The van der Waals surface area contributed by atoms with Crippen molar-refractivity contribution in [2.45, 2.75) is 6.23 Å². The predicted molar refractivity (Wildman–Crippen MR) is 117 cm³/mol. The Kier molecular flexibility index (Phi) is 5.33. The summed E-state index contributed by atoms with van der Waals surface area (Å²) in [5, 5.41) is 29.1. The van der Waals surface area contributed by atoms with Gasteiger partial charge < -0.3 is 15.2 Å². The summed E-state index contributed by atoms with van der Waals surface area (Å²) < 4.78 is 4.59. The van der Waals surface area contributed by atoms with Gasteiger partial charge in [-0.2, -0.15) is 0 Å². The number of anilines is 2. The third-order valence-electron chi connectivity index (χ3n) is 4.79. The van der Waals surface area contributed by atoms with Crippen LogP contribution in [-0.4, -0.2) is 28.2 Å². The van der Waals surface area contributed by atoms with Gasteiger partial charge in [0.15, 0.2) is 6.23 Å². The fourth-order valence-corrected chi connectivity index (χ4v) is 3.33. The zero-order valence-electron chi connectivity index (χ0n) is 16.4. The van der Waals surface area contributed by atoms with Gasteiger partial charge >= 0.3 is 6.09 Å². The number of non-ortho nitro benzene ring substituents is 1. The van der Waals surface area contributed by atoms with Gasteiger partial charge in [-0.3, -0.25) is 15.4 Å². The minimum absolute atomic E-state index is 0.0663. The first-order chi connectivity index (χ1) is 15.0. The van der Waals surface area contributed by atoms with E-state index in [1.807, 2.05) is 18.2 Å². The second-order valence-corrected chi connectivity index (χ2v) is 6.75. The third-order valence-corrected chi connectivity index (χ3v) is 4.79. The number of carbonyl (C=O) groups is 1. The maximum Gasteiger partial charge on any atom is 0.411 e. The monoisotopic (exact) mass is 418 g/mol. The molecule has 1 atom stereocenters. The molecule has 1 unspecified atom stereocenters. The number of pyridine rings is 1. The number of fused-ring (bicyclic) bond motifs is 2. The van der Waals surface area contributed by atoms with Crippen LogP contribution in [0.5, 0.6) is 0 Å². The van der Waals surface area contributed by atoms with Crippen molar-refractivity contribution >= 4 is 45.0 Å². The normalized spacial score (nSPS) is 11.8. The van der Waals surface area contributed by atoms with Gasteiger partial charge in [0.2, 0.25) is 0 Å². The predicted octanol–water partition coefficient (Wildman–Crippen LogP) is 4.58. The Labute approximate surface area is 176 Å². The number of nitrogens with one attached hydrogen (secondary N) is 2. The molecule has 0 bridgehead atoms. The molecular weight excluding hydrogens is 400 g/mol. The van der Waals surface area contributed by atoms with Crippen LogP contribution in [0.2, 0.25) is 0 Å². The van der Waals surface area contributed by atoms with Gasteiger partial charge in [-0.05, 0) is 24.3 Å². The maximum absolute atomic E-state index is 11.5. The molecule has 0 fully saturated rings. The Morgan fingerprint density at radius 3 is 2.61 bits per heavy atom. The SMILES string of the molecule is COC(=O)Nc1cccc(C(O)Nc2c3ccccc3nc3cc([N+](=O)[O-])ccc23)c1. The molecule has 0 aliphatic heterocycles. The molecule has 0 saturated carbocycles. The molecule has 156 valence electrons. The summed E-state index contributed by atoms with van der Waals surface area (Å²) in [6.07, 6.45) is -1.74. The van der Waals surface area contributed by atoms with Crippen molar-refractivity contribution in [3.8, 4) is 0 Å². The Morgan fingerprint density at radius 2 is 1.84 bits per heavy atom. The van der Waals surface area contributed by atoms with Crippen LogP contribution in [0.1, 0.15) is 11.8 Å². The lowest BCUT2D eigenvalue weighted by Gasteiger charge is -2.19. The fourth-order valence-electron chi connectivity index (χ4n) is 3.33. The van der Waals surface area contributed by atoms with Gasteiger partial charge in [-0.25, -0.2) is 9.78 Å². The summed E-state index contributed by atoms with van der Waals surface area (Å²) in [6, 6.07) is 18.4. The molecule has 0 spiro atoms. The van der Waals surface area contributed by atoms with E-state index >= 15 is 0 Å². The summed E-state index contributed by atoms with van der Waals surface area (Å²) in [7, 11) is 1.26. The van der Waals surface area contributed by atoms with Gasteiger partial charge in [0.1, 0.15) is 0 Å². The van der Waals surface area contributed by atoms with Crippen LogP contribution < -0.4 is 10.6 Å². The van der Waals surface area contributed by atoms with E-state index in [9.17, 15) is 20.0 Å². The molecular formula is C22H18N4O5. The molecule has 0 saturated heterocycles. The summed E-state index contributed by atoms with van der Waals surface area (Å²) in [5.74, 6) is 0. The Hall–Kier alpha value is -4.24. The average Bonchev–Trinajstić information content (AvgIpc) is 2.78. The molecule has 0 aliphatic rings. The number of hydrogen-bond acceptors (Lipinski definition) is 7. The van der Waals surface area contributed by atoms with Crippen molar-refractivity contribution in [1.82, 2.24) is 4.98 Å². The smallest absolute Gasteiger partial charge is 0.411 e. The van der Waals surface area contributed by atoms with E-state index in [0.29, 0.717) is 33.4 Å². The Balaban J connectivity index is 1.77. The van der Waals surface area contributed by atoms with E-state index in [1.54, 1.807) is 36.4 Å². The van der Waals surface area contributed by atoms with Crippen molar-refractivity contribution in [3.63, 3.8) is 0 Å². The van der Waals surface area contributed by atoms with E-state index in [0.717, 1.165) is 5.39 Å². The van der Waals surface area contributed by atoms with Crippen molar-refractivity contribution < 1.29 is 19.6 Å². The van der Waals surface area contributed by atoms with Crippen molar-refractivity contribution in [2.75, 3.05) is 17.7 Å². The highest BCUT2D eigenvalue weighted by Crippen LogP contribution is 2.34. The molecule has 0 aliphatic carbocycles. The average molecular weight is 418 g/mol. The quantitative estimate of drug-likeness (QED) is 0.187. The number of para-hydroxylation sites is 1. The molecule has 4 rings (SSSR count). The van der Waals surface area contributed by atoms with E-state index in [2.05, 4.69) is 20.4 Å². The minimum Gasteiger partial charge on any atom is -0.453 e. The number of methoxy groups -OCH3 is 1. The second-order valence-electron chi connectivity index (χ2n) is 6.75. The topological polar surface area (TPSA) is 127 Å². The van der Waals surface area contributed by atoms with Gasteiger partial charge in [-0.15, -0.1) is 0 Å². The highest BCUT2D eigenvalue weighted by Gasteiger charge is 2.16. The lowest BCUT2D eigenvalue weighted by Crippen LogP contribution is -2.13. The van der Waals surface area contributed by atoms with Gasteiger partial charge in [0.25, 0.3) is 5.69 Å². The van der Waals surface area contributed by atoms with Crippen LogP contribution in [0, 0.1) is 10.1 Å². The molecule has 9 heteroatoms. The van der Waals surface area contributed by atoms with Gasteiger partial charge in [0.05, 0.1) is 28.8 Å². The van der Waals surface area contributed by atoms with E-state index in [4.69, 9.17) is 0 Å². The number of ether oxygens (including phenoxy) is 1. The number of amides is 1. The third kappa shape index (κ3) is 4.07. The number of hydrogen-bond donors (Lipinski definition) is 3. The molecule has 0 radical (unpaired) electrons. The molecule has 3 aromatic carbocycles. The molecule has 31 heavy (non-hydrogen) atoms. The molecule has 9 nitrogen and oxygen atoms in total. The van der Waals surface area contributed by atoms with Crippen LogP contribution >= 0.6 is 0 Å². The number of benzene rings is 3. The zero-order valence-corrected chi connectivity index (χ0v) is 16.4. The molecule has 4 aromatic rings. The first-order valence-electron chi connectivity index (χ1n) is 9.32. The van der Waals surface area contributed by atoms with E-state index in [1.165, 1.54) is 19.2 Å². The molecule has 1 amide bonds. The van der Waals surface area contributed by atoms with Crippen LogP contribution in [0.3, 0.4) is 0 Å². The van der Waals surface area contributed by atoms with E-state index < -0.39 is 17.2 Å². The standard InChI is InChI=1S/C22H18N4O5/c1-31-22(28)23-14-6-4-5-13(11-14)21(27)25-20-16-7-2-3-8-18(16)24-19-12-15(26(29)30)9-10-17(19)20/h2-12,21,27H,1H3,(H,23,28)(H,24,25). The van der Waals surface area contributed by atoms with Crippen LogP contribution in [-0.2, 0) is 4.74 Å². The number of aromatic nitrogens is 1. The number of carbonyl (C=O) groups excluding carboxylic acids is 1. The van der Waals surface area contributed by atoms with Crippen molar-refractivity contribution in [2.24, 2.45) is 0 Å². The number of rotatable bonds is 5. The summed E-state index contributed by atoms with van der Waals surface area (Å²) in [4.78, 5) is 26.7. The number of aliphatic hydroxyl groups is 1. The van der Waals surface area contributed by atoms with Gasteiger partial charge in [0, 0.05) is 34.2 Å². The van der Waals surface area contributed by atoms with Crippen LogP contribution in [0.4, 0.5) is 21.9 Å². The van der Waals surface area contributed by atoms with E-state index in [-0.39, 0.29) is 5.69 Å². The largest absolute Gasteiger partial charge is 0.453 e. The number of aliphatic hydroxyl groups excluding tert-OH is 1. The Morgan fingerprint density at radius 1 is 1.06 bits per heavy atom. The Bertz CT molecular complexity index is 1310. The summed E-state index contributed by atoms with van der Waals surface area (Å²) in [5.41, 5.74) is 2.56. The number of nitro groups is 1. The fraction of sp³-hybridized carbons (Fsp3) is 0.0909. The molecule has 1 heterocycles. The number of nitro benzene ring substituents is 1. The minimum atomic E-state index is -1.12. The lowest BCUT2D eigenvalue weighted by atomic mass is 10.1. The first kappa shape index (κ1) is 20.0. The highest BCUT2D eigenvalue weighted by molar-refractivity contribution is 6.07. The second kappa shape index (κ2) is 8.25. The van der Waals surface area contributed by atoms with Crippen molar-refractivity contribution in [1.29, 1.82) is 0 Å². The van der Waals surface area contributed by atoms with Crippen LogP contribution in [0.15, 0.2) is 66.7 Å². The summed E-state index contributed by atoms with van der Waals surface area (Å²) >= 11 is 0. The van der Waals surface area contributed by atoms with Gasteiger partial charge in [-0.1, -0.05) is 30.3 Å². The lowest BCUT2D eigenvalue weighted by molar-refractivity contribution is -0.384. The zero-order chi connectivity index (χ0) is 22.0. The molecule has 3 N–H and O–H groups in total. The maximum atomic E-state index is 11.5. The van der Waals surface area contributed by atoms with Crippen LogP contribution in [0.25, 0.3) is 21.8 Å². The molecule has 1 aromatic heterocycles. The van der Waals surface area contributed by atoms with Crippen molar-refractivity contribution in [3.05, 3.63) is 82.4 Å². The highest BCUT2D eigenvalue weighted by atomic mass is 16.6.